The zero-order valence-electron chi connectivity index (χ0n) is 14.1. The van der Waals surface area contributed by atoms with Gasteiger partial charge in [0.15, 0.2) is 11.5 Å². The van der Waals surface area contributed by atoms with Crippen molar-refractivity contribution in [1.82, 2.24) is 0 Å². The maximum absolute atomic E-state index is 6.13. The van der Waals surface area contributed by atoms with Gasteiger partial charge in [0, 0.05) is 36.7 Å². The van der Waals surface area contributed by atoms with Crippen molar-refractivity contribution in [3.05, 3.63) is 53.1 Å². The van der Waals surface area contributed by atoms with E-state index < -0.39 is 5.79 Å². The van der Waals surface area contributed by atoms with E-state index in [0.29, 0.717) is 18.1 Å². The van der Waals surface area contributed by atoms with Crippen molar-refractivity contribution in [2.24, 2.45) is 0 Å². The summed E-state index contributed by atoms with van der Waals surface area (Å²) < 4.78 is 17.5. The number of para-hydroxylation sites is 1. The number of hydrogen-bond acceptors (Lipinski definition) is 4. The van der Waals surface area contributed by atoms with E-state index in [1.54, 1.807) is 7.11 Å². The zero-order valence-corrected chi connectivity index (χ0v) is 14.9. The lowest BCUT2D eigenvalue weighted by Crippen LogP contribution is -2.41. The van der Waals surface area contributed by atoms with Gasteiger partial charge in [0.05, 0.1) is 12.6 Å². The van der Waals surface area contributed by atoms with Crippen LogP contribution < -0.4 is 14.8 Å². The molecule has 128 valence electrons. The molecule has 0 bridgehead atoms. The zero-order chi connectivity index (χ0) is 17.2. The van der Waals surface area contributed by atoms with E-state index in [-0.39, 0.29) is 6.04 Å². The number of halogens is 1. The van der Waals surface area contributed by atoms with Crippen LogP contribution in [-0.4, -0.2) is 19.5 Å². The number of nitrogens with one attached hydrogen (secondary N) is 1. The number of anilines is 1. The maximum Gasteiger partial charge on any atom is 0.209 e. The van der Waals surface area contributed by atoms with Crippen molar-refractivity contribution >= 4 is 17.3 Å². The van der Waals surface area contributed by atoms with Crippen LogP contribution in [0.4, 0.5) is 5.69 Å². The van der Waals surface area contributed by atoms with Crippen molar-refractivity contribution in [3.8, 4) is 11.5 Å². The third-order valence-corrected chi connectivity index (χ3v) is 4.45. The minimum absolute atomic E-state index is 0.0419. The highest BCUT2D eigenvalue weighted by atomic mass is 35.5. The van der Waals surface area contributed by atoms with Crippen molar-refractivity contribution in [1.29, 1.82) is 0 Å². The number of ether oxygens (including phenoxy) is 3. The van der Waals surface area contributed by atoms with Gasteiger partial charge in [-0.05, 0) is 37.3 Å². The van der Waals surface area contributed by atoms with Crippen LogP contribution >= 0.6 is 11.6 Å². The number of hydrogen-bond donors (Lipinski definition) is 1. The molecular formula is C19H22ClNO3. The highest BCUT2D eigenvalue weighted by molar-refractivity contribution is 6.30. The SMILES string of the molecule is CCOc1cccc2c1O[C@@](C)(OC)C[C@H]2Nc1ccc(Cl)cc1. The van der Waals surface area contributed by atoms with Crippen LogP contribution in [0.25, 0.3) is 0 Å². The number of benzene rings is 2. The molecule has 1 heterocycles. The monoisotopic (exact) mass is 347 g/mol. The maximum atomic E-state index is 6.13. The van der Waals surface area contributed by atoms with Crippen LogP contribution in [0.15, 0.2) is 42.5 Å². The fraction of sp³-hybridized carbons (Fsp3) is 0.368. The molecule has 0 fully saturated rings. The molecule has 0 radical (unpaired) electrons. The summed E-state index contributed by atoms with van der Waals surface area (Å²) in [4.78, 5) is 0. The predicted octanol–water partition coefficient (Wildman–Crippen LogP) is 5.04. The molecule has 4 nitrogen and oxygen atoms in total. The summed E-state index contributed by atoms with van der Waals surface area (Å²) in [6.07, 6.45) is 0.675. The first-order valence-corrected chi connectivity index (χ1v) is 8.44. The lowest BCUT2D eigenvalue weighted by Gasteiger charge is -2.39. The fourth-order valence-corrected chi connectivity index (χ4v) is 3.05. The number of fused-ring (bicyclic) bond motifs is 1. The third kappa shape index (κ3) is 3.45. The number of rotatable bonds is 5. The van der Waals surface area contributed by atoms with Crippen molar-refractivity contribution in [2.45, 2.75) is 32.1 Å². The van der Waals surface area contributed by atoms with Gasteiger partial charge in [0.1, 0.15) is 0 Å². The largest absolute Gasteiger partial charge is 0.490 e. The van der Waals surface area contributed by atoms with Gasteiger partial charge in [0.2, 0.25) is 5.79 Å². The van der Waals surface area contributed by atoms with Gasteiger partial charge in [-0.1, -0.05) is 23.7 Å². The molecular weight excluding hydrogens is 326 g/mol. The molecule has 2 aromatic rings. The Morgan fingerprint density at radius 3 is 2.67 bits per heavy atom. The van der Waals surface area contributed by atoms with Crippen LogP contribution in [0.3, 0.4) is 0 Å². The second-order valence-electron chi connectivity index (χ2n) is 5.96. The molecule has 5 heteroatoms. The number of methoxy groups -OCH3 is 1. The minimum atomic E-state index is -0.718. The molecule has 2 aromatic carbocycles. The average molecular weight is 348 g/mol. The molecule has 1 N–H and O–H groups in total. The Hall–Kier alpha value is -1.91. The second-order valence-corrected chi connectivity index (χ2v) is 6.39. The van der Waals surface area contributed by atoms with E-state index in [1.807, 2.05) is 50.2 Å². The Kier molecular flexibility index (Phi) is 4.88. The smallest absolute Gasteiger partial charge is 0.209 e. The van der Waals surface area contributed by atoms with Crippen LogP contribution in [0, 0.1) is 0 Å². The lowest BCUT2D eigenvalue weighted by atomic mass is 9.94. The molecule has 1 aliphatic rings. The highest BCUT2D eigenvalue weighted by Gasteiger charge is 2.39. The van der Waals surface area contributed by atoms with E-state index in [9.17, 15) is 0 Å². The van der Waals surface area contributed by atoms with Crippen molar-refractivity contribution in [2.75, 3.05) is 19.0 Å². The Labute approximate surface area is 147 Å². The minimum Gasteiger partial charge on any atom is -0.490 e. The molecule has 0 unspecified atom stereocenters. The summed E-state index contributed by atoms with van der Waals surface area (Å²) in [5.41, 5.74) is 2.06. The van der Waals surface area contributed by atoms with E-state index in [1.165, 1.54) is 0 Å². The average Bonchev–Trinajstić information content (AvgIpc) is 2.58. The van der Waals surface area contributed by atoms with Crippen LogP contribution in [0.5, 0.6) is 11.5 Å². The summed E-state index contributed by atoms with van der Waals surface area (Å²) in [7, 11) is 1.66. The van der Waals surface area contributed by atoms with Gasteiger partial charge >= 0.3 is 0 Å². The predicted molar refractivity (Wildman–Crippen MR) is 96.1 cm³/mol. The normalized spacial score (nSPS) is 22.4. The Morgan fingerprint density at radius 2 is 2.00 bits per heavy atom. The standard InChI is InChI=1S/C19H22ClNO3/c1-4-23-17-7-5-6-15-16(12-19(2,22-3)24-18(15)17)21-14-10-8-13(20)9-11-14/h5-11,16,21H,4,12H2,1-3H3/t16-,19-/m1/s1. The van der Waals surface area contributed by atoms with Crippen molar-refractivity contribution in [3.63, 3.8) is 0 Å². The highest BCUT2D eigenvalue weighted by Crippen LogP contribution is 2.46. The van der Waals surface area contributed by atoms with Gasteiger partial charge in [-0.2, -0.15) is 0 Å². The van der Waals surface area contributed by atoms with E-state index in [2.05, 4.69) is 11.4 Å². The molecule has 0 spiro atoms. The van der Waals surface area contributed by atoms with E-state index in [0.717, 1.165) is 22.7 Å². The third-order valence-electron chi connectivity index (χ3n) is 4.19. The Morgan fingerprint density at radius 1 is 1.25 bits per heavy atom. The molecule has 3 rings (SSSR count). The molecule has 0 saturated heterocycles. The van der Waals surface area contributed by atoms with Gasteiger partial charge in [-0.3, -0.25) is 0 Å². The molecule has 24 heavy (non-hydrogen) atoms. The van der Waals surface area contributed by atoms with E-state index in [4.69, 9.17) is 25.8 Å². The quantitative estimate of drug-likeness (QED) is 0.822. The van der Waals surface area contributed by atoms with Gasteiger partial charge in [0.25, 0.3) is 0 Å². The summed E-state index contributed by atoms with van der Waals surface area (Å²) in [5, 5.41) is 4.26. The Balaban J connectivity index is 1.97. The molecule has 1 aliphatic heterocycles. The fourth-order valence-electron chi connectivity index (χ4n) is 2.92. The van der Waals surface area contributed by atoms with Crippen LogP contribution in [-0.2, 0) is 4.74 Å². The van der Waals surface area contributed by atoms with Gasteiger partial charge in [-0.15, -0.1) is 0 Å². The molecule has 0 saturated carbocycles. The summed E-state index contributed by atoms with van der Waals surface area (Å²) in [6.45, 7) is 4.48. The second kappa shape index (κ2) is 6.91. The first-order valence-electron chi connectivity index (χ1n) is 8.06. The first kappa shape index (κ1) is 16.9. The van der Waals surface area contributed by atoms with Gasteiger partial charge in [-0.25, -0.2) is 0 Å². The topological polar surface area (TPSA) is 39.7 Å². The summed E-state index contributed by atoms with van der Waals surface area (Å²) in [5.74, 6) is 0.756. The molecule has 0 amide bonds. The molecule has 2 atom stereocenters. The van der Waals surface area contributed by atoms with Crippen molar-refractivity contribution < 1.29 is 14.2 Å². The first-order chi connectivity index (χ1) is 11.5. The molecule has 0 aromatic heterocycles. The molecule has 0 aliphatic carbocycles. The van der Waals surface area contributed by atoms with Gasteiger partial charge < -0.3 is 19.5 Å². The summed E-state index contributed by atoms with van der Waals surface area (Å²) >= 11 is 5.97. The summed E-state index contributed by atoms with van der Waals surface area (Å²) in [6, 6.07) is 13.7. The van der Waals surface area contributed by atoms with Crippen LogP contribution in [0.1, 0.15) is 31.9 Å². The Bertz CT molecular complexity index is 704. The van der Waals surface area contributed by atoms with E-state index >= 15 is 0 Å². The lowest BCUT2D eigenvalue weighted by molar-refractivity contribution is -0.164. The van der Waals surface area contributed by atoms with Crippen LogP contribution in [0.2, 0.25) is 5.02 Å².